The summed E-state index contributed by atoms with van der Waals surface area (Å²) in [6.45, 7) is 6.26. The number of carbonyl (C=O) groups excluding carboxylic acids is 1. The number of nitrogens with zero attached hydrogens (tertiary/aromatic N) is 1. The Bertz CT molecular complexity index is 569. The lowest BCUT2D eigenvalue weighted by Crippen LogP contribution is -2.44. The van der Waals surface area contributed by atoms with Crippen molar-refractivity contribution in [1.29, 1.82) is 0 Å². The minimum atomic E-state index is -0.121. The maximum Gasteiger partial charge on any atom is 0.254 e. The molecule has 2 aromatic rings. The van der Waals surface area contributed by atoms with Crippen LogP contribution in [0, 0.1) is 0 Å². The Morgan fingerprint density at radius 2 is 2.06 bits per heavy atom. The van der Waals surface area contributed by atoms with Gasteiger partial charge in [-0.2, -0.15) is 0 Å². The van der Waals surface area contributed by atoms with Gasteiger partial charge in [0.05, 0.1) is 0 Å². The van der Waals surface area contributed by atoms with Gasteiger partial charge in [0.2, 0.25) is 0 Å². The summed E-state index contributed by atoms with van der Waals surface area (Å²) < 4.78 is 0. The fourth-order valence-corrected chi connectivity index (χ4v) is 1.89. The van der Waals surface area contributed by atoms with Crippen molar-refractivity contribution in [2.75, 3.05) is 7.05 Å². The van der Waals surface area contributed by atoms with Crippen LogP contribution in [0.15, 0.2) is 30.5 Å². The van der Waals surface area contributed by atoms with E-state index in [1.807, 2.05) is 42.4 Å². The summed E-state index contributed by atoms with van der Waals surface area (Å²) in [5.41, 5.74) is 1.68. The molecular formula is C15H20N2O. The van der Waals surface area contributed by atoms with Gasteiger partial charge in [0, 0.05) is 35.2 Å². The van der Waals surface area contributed by atoms with Crippen LogP contribution in [0.25, 0.3) is 10.9 Å². The van der Waals surface area contributed by atoms with Crippen LogP contribution in [0.3, 0.4) is 0 Å². The summed E-state index contributed by atoms with van der Waals surface area (Å²) in [4.78, 5) is 17.4. The predicted octanol–water partition coefficient (Wildman–Crippen LogP) is 3.43. The Hall–Kier alpha value is -1.77. The van der Waals surface area contributed by atoms with Crippen molar-refractivity contribution in [1.82, 2.24) is 9.88 Å². The van der Waals surface area contributed by atoms with Crippen LogP contribution in [0.1, 0.15) is 37.6 Å². The lowest BCUT2D eigenvalue weighted by atomic mass is 9.98. The van der Waals surface area contributed by atoms with Gasteiger partial charge in [0.1, 0.15) is 0 Å². The molecule has 1 N–H and O–H groups in total. The topological polar surface area (TPSA) is 36.1 Å². The van der Waals surface area contributed by atoms with Crippen molar-refractivity contribution < 1.29 is 4.79 Å². The minimum Gasteiger partial charge on any atom is -0.361 e. The molecule has 1 amide bonds. The van der Waals surface area contributed by atoms with E-state index in [0.29, 0.717) is 0 Å². The standard InChI is InChI=1S/C15H20N2O/c1-5-15(2,3)17(4)14(18)12-6-7-13-11(10-12)8-9-16-13/h6-10,16H,5H2,1-4H3. The number of carbonyl (C=O) groups is 1. The first-order valence-electron chi connectivity index (χ1n) is 6.31. The van der Waals surface area contributed by atoms with Crippen LogP contribution in [0.5, 0.6) is 0 Å². The highest BCUT2D eigenvalue weighted by Gasteiger charge is 2.26. The largest absolute Gasteiger partial charge is 0.361 e. The molecule has 96 valence electrons. The monoisotopic (exact) mass is 244 g/mol. The number of rotatable bonds is 3. The summed E-state index contributed by atoms with van der Waals surface area (Å²) in [6.07, 6.45) is 2.82. The number of amides is 1. The number of fused-ring (bicyclic) bond motifs is 1. The molecule has 2 rings (SSSR count). The summed E-state index contributed by atoms with van der Waals surface area (Å²) >= 11 is 0. The van der Waals surface area contributed by atoms with E-state index in [-0.39, 0.29) is 11.4 Å². The third-order valence-electron chi connectivity index (χ3n) is 3.88. The second kappa shape index (κ2) is 4.48. The number of hydrogen-bond acceptors (Lipinski definition) is 1. The van der Waals surface area contributed by atoms with E-state index in [4.69, 9.17) is 0 Å². The molecule has 0 saturated heterocycles. The van der Waals surface area contributed by atoms with Gasteiger partial charge >= 0.3 is 0 Å². The summed E-state index contributed by atoms with van der Waals surface area (Å²) in [7, 11) is 1.87. The molecule has 0 aliphatic heterocycles. The average molecular weight is 244 g/mol. The first kappa shape index (κ1) is 12.7. The maximum atomic E-state index is 12.4. The molecule has 1 aromatic carbocycles. The number of aromatic amines is 1. The van der Waals surface area contributed by atoms with Gasteiger partial charge in [-0.05, 0) is 44.5 Å². The van der Waals surface area contributed by atoms with Crippen molar-refractivity contribution in [3.63, 3.8) is 0 Å². The number of benzene rings is 1. The molecule has 0 unspecified atom stereocenters. The highest BCUT2D eigenvalue weighted by Crippen LogP contribution is 2.21. The highest BCUT2D eigenvalue weighted by molar-refractivity contribution is 5.98. The van der Waals surface area contributed by atoms with Gasteiger partial charge in [-0.1, -0.05) is 6.92 Å². The smallest absolute Gasteiger partial charge is 0.254 e. The van der Waals surface area contributed by atoms with Crippen LogP contribution < -0.4 is 0 Å². The summed E-state index contributed by atoms with van der Waals surface area (Å²) in [6, 6.07) is 7.76. The van der Waals surface area contributed by atoms with Crippen molar-refractivity contribution in [3.05, 3.63) is 36.0 Å². The molecule has 3 nitrogen and oxygen atoms in total. The summed E-state index contributed by atoms with van der Waals surface area (Å²) in [5, 5.41) is 1.07. The molecule has 1 aromatic heterocycles. The van der Waals surface area contributed by atoms with E-state index in [2.05, 4.69) is 25.8 Å². The average Bonchev–Trinajstić information content (AvgIpc) is 2.84. The normalized spacial score (nSPS) is 11.8. The quantitative estimate of drug-likeness (QED) is 0.882. The number of nitrogens with one attached hydrogen (secondary N) is 1. The molecule has 3 heteroatoms. The lowest BCUT2D eigenvalue weighted by molar-refractivity contribution is 0.0620. The number of H-pyrrole nitrogens is 1. The van der Waals surface area contributed by atoms with Crippen molar-refractivity contribution in [3.8, 4) is 0 Å². The van der Waals surface area contributed by atoms with E-state index >= 15 is 0 Å². The van der Waals surface area contributed by atoms with Crippen LogP contribution >= 0.6 is 0 Å². The molecule has 0 radical (unpaired) electrons. The van der Waals surface area contributed by atoms with Crippen LogP contribution in [-0.2, 0) is 0 Å². The Kier molecular flexibility index (Phi) is 3.16. The first-order chi connectivity index (χ1) is 8.45. The first-order valence-corrected chi connectivity index (χ1v) is 6.31. The molecular weight excluding hydrogens is 224 g/mol. The zero-order valence-electron chi connectivity index (χ0n) is 11.4. The Morgan fingerprint density at radius 1 is 1.33 bits per heavy atom. The molecule has 0 atom stereocenters. The van der Waals surface area contributed by atoms with Crippen LogP contribution in [0.4, 0.5) is 0 Å². The molecule has 0 spiro atoms. The van der Waals surface area contributed by atoms with Gasteiger partial charge in [0.25, 0.3) is 5.91 Å². The molecule has 0 bridgehead atoms. The molecule has 0 saturated carbocycles. The Morgan fingerprint density at radius 3 is 2.72 bits per heavy atom. The van der Waals surface area contributed by atoms with Gasteiger partial charge in [-0.15, -0.1) is 0 Å². The van der Waals surface area contributed by atoms with Gasteiger partial charge in [-0.25, -0.2) is 0 Å². The van der Waals surface area contributed by atoms with E-state index in [9.17, 15) is 4.79 Å². The zero-order valence-corrected chi connectivity index (χ0v) is 11.4. The fraction of sp³-hybridized carbons (Fsp3) is 0.400. The van der Waals surface area contributed by atoms with Gasteiger partial charge in [-0.3, -0.25) is 4.79 Å². The van der Waals surface area contributed by atoms with Crippen molar-refractivity contribution in [2.24, 2.45) is 0 Å². The van der Waals surface area contributed by atoms with Crippen molar-refractivity contribution in [2.45, 2.75) is 32.7 Å². The second-order valence-corrected chi connectivity index (χ2v) is 5.31. The SMILES string of the molecule is CCC(C)(C)N(C)C(=O)c1ccc2[nH]ccc2c1. The summed E-state index contributed by atoms with van der Waals surface area (Å²) in [5.74, 6) is 0.0740. The van der Waals surface area contributed by atoms with E-state index in [1.165, 1.54) is 0 Å². The van der Waals surface area contributed by atoms with E-state index in [1.54, 1.807) is 0 Å². The predicted molar refractivity (Wildman–Crippen MR) is 74.8 cm³/mol. The highest BCUT2D eigenvalue weighted by atomic mass is 16.2. The third-order valence-corrected chi connectivity index (χ3v) is 3.88. The fourth-order valence-electron chi connectivity index (χ4n) is 1.89. The van der Waals surface area contributed by atoms with Crippen LogP contribution in [0.2, 0.25) is 0 Å². The van der Waals surface area contributed by atoms with E-state index < -0.39 is 0 Å². The third kappa shape index (κ3) is 2.13. The Labute approximate surface area is 108 Å². The molecule has 0 aliphatic carbocycles. The minimum absolute atomic E-state index is 0.0740. The van der Waals surface area contributed by atoms with Crippen LogP contribution in [-0.4, -0.2) is 28.4 Å². The molecule has 0 aliphatic rings. The lowest BCUT2D eigenvalue weighted by Gasteiger charge is -2.35. The Balaban J connectivity index is 2.33. The number of aromatic nitrogens is 1. The number of hydrogen-bond donors (Lipinski definition) is 1. The second-order valence-electron chi connectivity index (χ2n) is 5.31. The molecule has 1 heterocycles. The van der Waals surface area contributed by atoms with Gasteiger partial charge < -0.3 is 9.88 Å². The molecule has 0 fully saturated rings. The molecule has 18 heavy (non-hydrogen) atoms. The van der Waals surface area contributed by atoms with Crippen molar-refractivity contribution >= 4 is 16.8 Å². The zero-order chi connectivity index (χ0) is 13.3. The maximum absolute atomic E-state index is 12.4. The van der Waals surface area contributed by atoms with E-state index in [0.717, 1.165) is 22.9 Å². The van der Waals surface area contributed by atoms with Gasteiger partial charge in [0.15, 0.2) is 0 Å².